The van der Waals surface area contributed by atoms with Gasteiger partial charge in [-0.05, 0) is 74.2 Å². The van der Waals surface area contributed by atoms with E-state index in [1.807, 2.05) is 12.1 Å². The van der Waals surface area contributed by atoms with Gasteiger partial charge < -0.3 is 4.90 Å². The molecule has 0 unspecified atom stereocenters. The maximum atomic E-state index is 14.1. The summed E-state index contributed by atoms with van der Waals surface area (Å²) >= 11 is 0. The number of rotatable bonds is 7. The Hall–Kier alpha value is -1.89. The van der Waals surface area contributed by atoms with E-state index in [-0.39, 0.29) is 17.3 Å². The number of hydrogen-bond donors (Lipinski definition) is 1. The summed E-state index contributed by atoms with van der Waals surface area (Å²) in [4.78, 5) is 2.36. The number of nitrogens with zero attached hydrogens (tertiary/aromatic N) is 1. The third-order valence-corrected chi connectivity index (χ3v) is 6.54. The van der Waals surface area contributed by atoms with E-state index in [9.17, 15) is 12.8 Å². The third-order valence-electron chi connectivity index (χ3n) is 5.16. The lowest BCUT2D eigenvalue weighted by Gasteiger charge is -2.15. The number of likely N-dealkylation sites (tertiary alicyclic amines) is 1. The van der Waals surface area contributed by atoms with Crippen LogP contribution >= 0.6 is 12.4 Å². The van der Waals surface area contributed by atoms with E-state index >= 15 is 0 Å². The molecular formula is C22H28ClFN2O2S. The van der Waals surface area contributed by atoms with Crippen molar-refractivity contribution in [3.05, 3.63) is 66.0 Å². The van der Waals surface area contributed by atoms with Crippen LogP contribution in [0.3, 0.4) is 0 Å². The molecule has 1 atom stereocenters. The fourth-order valence-electron chi connectivity index (χ4n) is 3.67. The van der Waals surface area contributed by atoms with Crippen molar-refractivity contribution >= 4 is 33.7 Å². The zero-order chi connectivity index (χ0) is 20.3. The summed E-state index contributed by atoms with van der Waals surface area (Å²) in [7, 11) is -3.85. The number of sulfonamides is 1. The van der Waals surface area contributed by atoms with Gasteiger partial charge in [0.25, 0.3) is 10.0 Å². The summed E-state index contributed by atoms with van der Waals surface area (Å²) in [5.41, 5.74) is 2.56. The van der Waals surface area contributed by atoms with Gasteiger partial charge in [0.1, 0.15) is 5.82 Å². The number of nitrogens with one attached hydrogen (secondary N) is 1. The molecule has 0 spiro atoms. The van der Waals surface area contributed by atoms with Gasteiger partial charge in [-0.3, -0.25) is 4.72 Å². The molecule has 1 heterocycles. The fourth-order valence-corrected chi connectivity index (χ4v) is 4.74. The zero-order valence-electron chi connectivity index (χ0n) is 16.8. The molecule has 1 aliphatic rings. The first-order chi connectivity index (χ1) is 13.3. The summed E-state index contributed by atoms with van der Waals surface area (Å²) in [5, 5.41) is 0. The Kier molecular flexibility index (Phi) is 7.86. The molecule has 2 aromatic carbocycles. The highest BCUT2D eigenvalue weighted by molar-refractivity contribution is 7.92. The van der Waals surface area contributed by atoms with Crippen molar-refractivity contribution in [2.24, 2.45) is 0 Å². The van der Waals surface area contributed by atoms with E-state index in [4.69, 9.17) is 0 Å². The van der Waals surface area contributed by atoms with Crippen molar-refractivity contribution in [2.45, 2.75) is 37.5 Å². The maximum absolute atomic E-state index is 14.1. The van der Waals surface area contributed by atoms with Crippen LogP contribution in [0.15, 0.2) is 53.9 Å². The second-order valence-corrected chi connectivity index (χ2v) is 9.12. The van der Waals surface area contributed by atoms with E-state index < -0.39 is 15.8 Å². The van der Waals surface area contributed by atoms with Crippen LogP contribution < -0.4 is 4.72 Å². The Morgan fingerprint density at radius 3 is 2.52 bits per heavy atom. The fraction of sp³-hybridized carbons (Fsp3) is 0.364. The molecule has 0 saturated carbocycles. The first-order valence-electron chi connectivity index (χ1n) is 9.60. The summed E-state index contributed by atoms with van der Waals surface area (Å²) in [5.74, 6) is -0.107. The molecule has 4 nitrogen and oxygen atoms in total. The molecule has 0 radical (unpaired) electrons. The second kappa shape index (κ2) is 9.74. The van der Waals surface area contributed by atoms with Crippen LogP contribution in [0, 0.1) is 5.82 Å². The van der Waals surface area contributed by atoms with Crippen molar-refractivity contribution in [3.63, 3.8) is 0 Å². The van der Waals surface area contributed by atoms with Gasteiger partial charge in [0.05, 0.1) is 4.90 Å². The number of halogens is 2. The van der Waals surface area contributed by atoms with Crippen molar-refractivity contribution in [1.82, 2.24) is 4.90 Å². The molecule has 0 aliphatic carbocycles. The average molecular weight is 439 g/mol. The van der Waals surface area contributed by atoms with Crippen molar-refractivity contribution in [2.75, 3.05) is 24.4 Å². The summed E-state index contributed by atoms with van der Waals surface area (Å²) in [6.45, 7) is 10.8. The van der Waals surface area contributed by atoms with Gasteiger partial charge in [0.15, 0.2) is 0 Å². The number of anilines is 1. The number of benzene rings is 2. The maximum Gasteiger partial charge on any atom is 0.261 e. The van der Waals surface area contributed by atoms with E-state index in [1.165, 1.54) is 17.7 Å². The minimum atomic E-state index is -3.85. The molecule has 0 amide bonds. The molecule has 7 heteroatoms. The highest BCUT2D eigenvalue weighted by Crippen LogP contribution is 2.29. The van der Waals surface area contributed by atoms with Crippen molar-refractivity contribution in [3.8, 4) is 0 Å². The first kappa shape index (κ1) is 23.4. The molecule has 2 aromatic rings. The van der Waals surface area contributed by atoms with Gasteiger partial charge in [-0.15, -0.1) is 12.4 Å². The lowest BCUT2D eigenvalue weighted by Crippen LogP contribution is -2.20. The largest absolute Gasteiger partial charge is 0.303 e. The minimum Gasteiger partial charge on any atom is -0.303 e. The molecule has 0 aromatic heterocycles. The SMILES string of the molecule is C=C(C)c1ccc(S(=O)(=O)Nc2ccc([C@@H]3CCN(CCC)C3)cc2)cc1F.Cl. The van der Waals surface area contributed by atoms with Crippen LogP contribution in [0.1, 0.15) is 43.7 Å². The highest BCUT2D eigenvalue weighted by Gasteiger charge is 2.23. The lowest BCUT2D eigenvalue weighted by atomic mass is 9.98. The Morgan fingerprint density at radius 1 is 1.24 bits per heavy atom. The van der Waals surface area contributed by atoms with Crippen molar-refractivity contribution in [1.29, 1.82) is 0 Å². The molecular weight excluding hydrogens is 411 g/mol. The molecule has 29 heavy (non-hydrogen) atoms. The molecule has 1 fully saturated rings. The number of hydrogen-bond acceptors (Lipinski definition) is 3. The molecule has 1 aliphatic heterocycles. The van der Waals surface area contributed by atoms with Gasteiger partial charge in [0.2, 0.25) is 0 Å². The predicted molar refractivity (Wildman–Crippen MR) is 120 cm³/mol. The highest BCUT2D eigenvalue weighted by atomic mass is 35.5. The Labute approximate surface area is 179 Å². The Bertz CT molecular complexity index is 961. The zero-order valence-corrected chi connectivity index (χ0v) is 18.5. The monoisotopic (exact) mass is 438 g/mol. The van der Waals surface area contributed by atoms with Gasteiger partial charge in [-0.1, -0.05) is 31.7 Å². The van der Waals surface area contributed by atoms with E-state index in [0.717, 1.165) is 38.5 Å². The van der Waals surface area contributed by atoms with E-state index in [1.54, 1.807) is 19.1 Å². The minimum absolute atomic E-state index is 0. The quantitative estimate of drug-likeness (QED) is 0.639. The average Bonchev–Trinajstić information content (AvgIpc) is 3.10. The summed E-state index contributed by atoms with van der Waals surface area (Å²) in [6.07, 6.45) is 2.28. The molecule has 1 saturated heterocycles. The van der Waals surface area contributed by atoms with Crippen LogP contribution in [-0.2, 0) is 10.0 Å². The van der Waals surface area contributed by atoms with Crippen LogP contribution in [-0.4, -0.2) is 33.0 Å². The van der Waals surface area contributed by atoms with Crippen LogP contribution in [0.2, 0.25) is 0 Å². The van der Waals surface area contributed by atoms with Gasteiger partial charge in [-0.25, -0.2) is 12.8 Å². The standard InChI is InChI=1S/C22H27FN2O2S.ClH/c1-4-12-25-13-11-18(15-25)17-5-7-19(8-6-17)24-28(26,27)20-9-10-21(16(2)3)22(23)14-20;/h5-10,14,18,24H,2,4,11-13,15H2,1,3H3;1H/t18-;/m1./s1. The van der Waals surface area contributed by atoms with Crippen LogP contribution in [0.25, 0.3) is 5.57 Å². The predicted octanol–water partition coefficient (Wildman–Crippen LogP) is 5.28. The molecule has 0 bridgehead atoms. The molecule has 3 rings (SSSR count). The van der Waals surface area contributed by atoms with E-state index in [2.05, 4.69) is 23.1 Å². The second-order valence-electron chi connectivity index (χ2n) is 7.44. The normalized spacial score (nSPS) is 17.0. The van der Waals surface area contributed by atoms with Crippen LogP contribution in [0.4, 0.5) is 10.1 Å². The molecule has 1 N–H and O–H groups in total. The Morgan fingerprint density at radius 2 is 1.93 bits per heavy atom. The van der Waals surface area contributed by atoms with Crippen LogP contribution in [0.5, 0.6) is 0 Å². The summed E-state index contributed by atoms with van der Waals surface area (Å²) < 4.78 is 41.8. The molecule has 158 valence electrons. The summed E-state index contributed by atoms with van der Waals surface area (Å²) in [6, 6.07) is 11.4. The van der Waals surface area contributed by atoms with E-state index in [0.29, 0.717) is 22.7 Å². The topological polar surface area (TPSA) is 49.4 Å². The number of allylic oxidation sites excluding steroid dienone is 1. The first-order valence-corrected chi connectivity index (χ1v) is 11.1. The lowest BCUT2D eigenvalue weighted by molar-refractivity contribution is 0.335. The Balaban J connectivity index is 0.00000300. The van der Waals surface area contributed by atoms with Gasteiger partial charge in [-0.2, -0.15) is 0 Å². The van der Waals surface area contributed by atoms with Gasteiger partial charge >= 0.3 is 0 Å². The van der Waals surface area contributed by atoms with Crippen molar-refractivity contribution < 1.29 is 12.8 Å². The van der Waals surface area contributed by atoms with Gasteiger partial charge in [0, 0.05) is 17.8 Å². The third kappa shape index (κ3) is 5.59. The smallest absolute Gasteiger partial charge is 0.261 e.